The van der Waals surface area contributed by atoms with Gasteiger partial charge in [0.15, 0.2) is 11.5 Å². The third-order valence-corrected chi connectivity index (χ3v) is 3.53. The van der Waals surface area contributed by atoms with Crippen LogP contribution in [0.25, 0.3) is 11.0 Å². The van der Waals surface area contributed by atoms with Gasteiger partial charge in [-0.25, -0.2) is 9.78 Å². The second-order valence-corrected chi connectivity index (χ2v) is 6.62. The maximum Gasteiger partial charge on any atom is 0.409 e. The van der Waals surface area contributed by atoms with Gasteiger partial charge < -0.3 is 14.4 Å². The Morgan fingerprint density at radius 2 is 2.17 bits per heavy atom. The van der Waals surface area contributed by atoms with Crippen LogP contribution in [0.5, 0.6) is 0 Å². The van der Waals surface area contributed by atoms with E-state index in [2.05, 4.69) is 15.3 Å². The van der Waals surface area contributed by atoms with Crippen molar-refractivity contribution >= 4 is 23.3 Å². The van der Waals surface area contributed by atoms with Gasteiger partial charge in [-0.15, -0.1) is 0 Å². The average Bonchev–Trinajstić information content (AvgIpc) is 2.83. The molecule has 2 N–H and O–H groups in total. The molecule has 0 spiro atoms. The number of rotatable bonds is 2. The number of hydrogen-bond donors (Lipinski definition) is 2. The van der Waals surface area contributed by atoms with Crippen LogP contribution in [0.15, 0.2) is 29.3 Å². The number of fused-ring (bicyclic) bond motifs is 3. The number of aliphatic hydroxyl groups is 1. The summed E-state index contributed by atoms with van der Waals surface area (Å²) < 4.78 is 7.19. The van der Waals surface area contributed by atoms with E-state index in [4.69, 9.17) is 4.74 Å². The fourth-order valence-corrected chi connectivity index (χ4v) is 2.54. The van der Waals surface area contributed by atoms with E-state index in [1.54, 1.807) is 27.0 Å². The zero-order chi connectivity index (χ0) is 16.7. The molecule has 0 fully saturated rings. The SMILES string of the molecule is CC(C)(C)OC(=O)NC1(CO)Cn2c(nc3ccccc32)C=N1. The molecule has 2 aromatic rings. The Bertz CT molecular complexity index is 775. The van der Waals surface area contributed by atoms with Crippen molar-refractivity contribution in [1.29, 1.82) is 0 Å². The van der Waals surface area contributed by atoms with Gasteiger partial charge in [0.1, 0.15) is 5.60 Å². The predicted molar refractivity (Wildman–Crippen MR) is 86.5 cm³/mol. The van der Waals surface area contributed by atoms with Gasteiger partial charge in [0, 0.05) is 0 Å². The maximum atomic E-state index is 12.1. The van der Waals surface area contributed by atoms with Crippen LogP contribution in [0.2, 0.25) is 0 Å². The van der Waals surface area contributed by atoms with Crippen LogP contribution in [0.3, 0.4) is 0 Å². The van der Waals surface area contributed by atoms with E-state index >= 15 is 0 Å². The molecule has 1 aromatic heterocycles. The van der Waals surface area contributed by atoms with Gasteiger partial charge in [0.25, 0.3) is 0 Å². The van der Waals surface area contributed by atoms with Crippen molar-refractivity contribution in [1.82, 2.24) is 14.9 Å². The van der Waals surface area contributed by atoms with Gasteiger partial charge in [0.05, 0.1) is 30.4 Å². The molecule has 0 aliphatic carbocycles. The molecule has 1 atom stereocenters. The normalized spacial score (nSPS) is 20.3. The Morgan fingerprint density at radius 3 is 2.87 bits per heavy atom. The van der Waals surface area contributed by atoms with Gasteiger partial charge in [-0.2, -0.15) is 0 Å². The molecule has 23 heavy (non-hydrogen) atoms. The number of carbonyl (C=O) groups is 1. The van der Waals surface area contributed by atoms with Crippen LogP contribution in [-0.4, -0.2) is 44.8 Å². The highest BCUT2D eigenvalue weighted by Crippen LogP contribution is 2.23. The molecule has 1 aliphatic heterocycles. The summed E-state index contributed by atoms with van der Waals surface area (Å²) in [6, 6.07) is 7.69. The zero-order valence-corrected chi connectivity index (χ0v) is 13.4. The van der Waals surface area contributed by atoms with Crippen molar-refractivity contribution < 1.29 is 14.6 Å². The standard InChI is InChI=1S/C16H20N4O3/c1-15(2,3)23-14(22)19-16(10-21)9-20-12-7-5-4-6-11(12)18-13(20)8-17-16/h4-8,21H,9-10H2,1-3H3,(H,19,22). The van der Waals surface area contributed by atoms with E-state index in [1.807, 2.05) is 28.8 Å². The number of imidazole rings is 1. The molecule has 0 radical (unpaired) electrons. The Kier molecular flexibility index (Phi) is 3.60. The highest BCUT2D eigenvalue weighted by Gasteiger charge is 2.36. The lowest BCUT2D eigenvalue weighted by molar-refractivity contribution is 0.0384. The highest BCUT2D eigenvalue weighted by molar-refractivity contribution is 5.86. The molecule has 0 bridgehead atoms. The number of aliphatic imine (C=N–C) groups is 1. The Labute approximate surface area is 134 Å². The Balaban J connectivity index is 1.89. The van der Waals surface area contributed by atoms with Crippen LogP contribution in [0, 0.1) is 0 Å². The van der Waals surface area contributed by atoms with Crippen molar-refractivity contribution in [2.45, 2.75) is 38.6 Å². The van der Waals surface area contributed by atoms with Crippen LogP contribution in [-0.2, 0) is 11.3 Å². The molecule has 1 amide bonds. The number of amides is 1. The molecular weight excluding hydrogens is 296 g/mol. The molecule has 1 unspecified atom stereocenters. The first-order chi connectivity index (χ1) is 10.8. The summed E-state index contributed by atoms with van der Waals surface area (Å²) >= 11 is 0. The van der Waals surface area contributed by atoms with E-state index in [-0.39, 0.29) is 13.2 Å². The summed E-state index contributed by atoms with van der Waals surface area (Å²) in [7, 11) is 0. The monoisotopic (exact) mass is 316 g/mol. The lowest BCUT2D eigenvalue weighted by Gasteiger charge is -2.33. The molecule has 1 aromatic carbocycles. The summed E-state index contributed by atoms with van der Waals surface area (Å²) in [5.41, 5.74) is 0.00235. The summed E-state index contributed by atoms with van der Waals surface area (Å²) in [5, 5.41) is 12.5. The quantitative estimate of drug-likeness (QED) is 0.882. The number of carbonyl (C=O) groups excluding carboxylic acids is 1. The number of nitrogens with one attached hydrogen (secondary N) is 1. The number of nitrogens with zero attached hydrogens (tertiary/aromatic N) is 3. The first-order valence-electron chi connectivity index (χ1n) is 7.44. The number of hydrogen-bond acceptors (Lipinski definition) is 5. The van der Waals surface area contributed by atoms with Crippen molar-refractivity contribution in [3.05, 3.63) is 30.1 Å². The van der Waals surface area contributed by atoms with Crippen molar-refractivity contribution in [3.63, 3.8) is 0 Å². The van der Waals surface area contributed by atoms with Gasteiger partial charge in [-0.1, -0.05) is 12.1 Å². The smallest absolute Gasteiger partial charge is 0.409 e. The van der Waals surface area contributed by atoms with Crippen molar-refractivity contribution in [3.8, 4) is 0 Å². The molecule has 2 heterocycles. The summed E-state index contributed by atoms with van der Waals surface area (Å²) in [6.45, 7) is 5.29. The molecule has 7 nitrogen and oxygen atoms in total. The van der Waals surface area contributed by atoms with Crippen molar-refractivity contribution in [2.75, 3.05) is 6.61 Å². The van der Waals surface area contributed by atoms with E-state index < -0.39 is 17.4 Å². The molecule has 7 heteroatoms. The molecule has 122 valence electrons. The molecule has 3 rings (SSSR count). The second-order valence-electron chi connectivity index (χ2n) is 6.62. The van der Waals surface area contributed by atoms with Crippen LogP contribution in [0.1, 0.15) is 26.6 Å². The maximum absolute atomic E-state index is 12.1. The van der Waals surface area contributed by atoms with Crippen LogP contribution >= 0.6 is 0 Å². The number of aliphatic hydroxyl groups excluding tert-OH is 1. The molecule has 1 aliphatic rings. The number of alkyl carbamates (subject to hydrolysis) is 1. The van der Waals surface area contributed by atoms with Gasteiger partial charge in [-0.05, 0) is 32.9 Å². The van der Waals surface area contributed by atoms with E-state index in [9.17, 15) is 9.90 Å². The minimum Gasteiger partial charge on any atom is -0.444 e. The number of aromatic nitrogens is 2. The van der Waals surface area contributed by atoms with E-state index in [0.29, 0.717) is 5.82 Å². The van der Waals surface area contributed by atoms with Crippen LogP contribution in [0.4, 0.5) is 4.79 Å². The molecular formula is C16H20N4O3. The fourth-order valence-electron chi connectivity index (χ4n) is 2.54. The number of ether oxygens (including phenoxy) is 1. The van der Waals surface area contributed by atoms with Gasteiger partial charge in [-0.3, -0.25) is 10.3 Å². The molecule has 0 saturated heterocycles. The average molecular weight is 316 g/mol. The predicted octanol–water partition coefficient (Wildman–Crippen LogP) is 1.68. The first kappa shape index (κ1) is 15.5. The lowest BCUT2D eigenvalue weighted by Crippen LogP contribution is -2.55. The van der Waals surface area contributed by atoms with Crippen molar-refractivity contribution in [2.24, 2.45) is 4.99 Å². The topological polar surface area (TPSA) is 88.7 Å². The van der Waals surface area contributed by atoms with Gasteiger partial charge in [0.2, 0.25) is 0 Å². The van der Waals surface area contributed by atoms with E-state index in [0.717, 1.165) is 11.0 Å². The third kappa shape index (κ3) is 3.05. The summed E-state index contributed by atoms with van der Waals surface area (Å²) in [5.74, 6) is 0.696. The van der Waals surface area contributed by atoms with E-state index in [1.165, 1.54) is 0 Å². The first-order valence-corrected chi connectivity index (χ1v) is 7.44. The fraction of sp³-hybridized carbons (Fsp3) is 0.438. The summed E-state index contributed by atoms with van der Waals surface area (Å²) in [4.78, 5) is 20.9. The van der Waals surface area contributed by atoms with Crippen LogP contribution < -0.4 is 5.32 Å². The Hall–Kier alpha value is -2.41. The highest BCUT2D eigenvalue weighted by atomic mass is 16.6. The second kappa shape index (κ2) is 5.34. The lowest BCUT2D eigenvalue weighted by atomic mass is 10.1. The molecule has 0 saturated carbocycles. The third-order valence-electron chi connectivity index (χ3n) is 3.53. The largest absolute Gasteiger partial charge is 0.444 e. The minimum atomic E-state index is -1.15. The Morgan fingerprint density at radius 1 is 1.43 bits per heavy atom. The number of para-hydroxylation sites is 2. The number of benzene rings is 1. The van der Waals surface area contributed by atoms with Gasteiger partial charge >= 0.3 is 6.09 Å². The summed E-state index contributed by atoms with van der Waals surface area (Å²) in [6.07, 6.45) is 0.952. The zero-order valence-electron chi connectivity index (χ0n) is 13.4. The minimum absolute atomic E-state index is 0.287.